The number of carboxylic acid groups (broad SMARTS) is 1. The molecular weight excluding hydrogens is 322 g/mol. The SMILES string of the molecule is CCC(Nc1ccc(C#N)cc1)(C(=O)O)c1cc(C)cc([N+](=O)[O-])c1. The van der Waals surface area contributed by atoms with Crippen LogP contribution in [-0.2, 0) is 10.3 Å². The van der Waals surface area contributed by atoms with E-state index in [2.05, 4.69) is 5.32 Å². The minimum absolute atomic E-state index is 0.157. The lowest BCUT2D eigenvalue weighted by atomic mass is 9.85. The summed E-state index contributed by atoms with van der Waals surface area (Å²) in [6.45, 7) is 3.37. The highest BCUT2D eigenvalue weighted by Crippen LogP contribution is 2.33. The lowest BCUT2D eigenvalue weighted by Crippen LogP contribution is -2.43. The molecule has 2 rings (SSSR count). The van der Waals surface area contributed by atoms with Gasteiger partial charge in [-0.05, 0) is 48.7 Å². The van der Waals surface area contributed by atoms with Crippen LogP contribution >= 0.6 is 0 Å². The first kappa shape index (κ1) is 17.9. The number of nitro benzene ring substituents is 1. The van der Waals surface area contributed by atoms with Gasteiger partial charge >= 0.3 is 5.97 Å². The van der Waals surface area contributed by atoms with Crippen molar-refractivity contribution in [2.45, 2.75) is 25.8 Å². The average molecular weight is 339 g/mol. The van der Waals surface area contributed by atoms with Crippen LogP contribution < -0.4 is 5.32 Å². The van der Waals surface area contributed by atoms with E-state index in [0.29, 0.717) is 22.4 Å². The third-order valence-electron chi connectivity index (χ3n) is 4.03. The van der Waals surface area contributed by atoms with Crippen LogP contribution in [0.1, 0.15) is 30.0 Å². The van der Waals surface area contributed by atoms with E-state index in [1.54, 1.807) is 44.2 Å². The van der Waals surface area contributed by atoms with Crippen LogP contribution in [0.25, 0.3) is 0 Å². The molecule has 25 heavy (non-hydrogen) atoms. The van der Waals surface area contributed by atoms with Crippen LogP contribution in [0, 0.1) is 28.4 Å². The number of nitriles is 1. The van der Waals surface area contributed by atoms with E-state index in [-0.39, 0.29) is 12.1 Å². The molecule has 0 amide bonds. The largest absolute Gasteiger partial charge is 0.479 e. The molecule has 2 aromatic carbocycles. The van der Waals surface area contributed by atoms with E-state index in [1.807, 2.05) is 6.07 Å². The molecule has 128 valence electrons. The highest BCUT2D eigenvalue weighted by atomic mass is 16.6. The third kappa shape index (κ3) is 3.58. The van der Waals surface area contributed by atoms with Gasteiger partial charge in [0.15, 0.2) is 5.54 Å². The minimum Gasteiger partial charge on any atom is -0.479 e. The number of non-ortho nitro benzene ring substituents is 1. The predicted octanol–water partition coefficient (Wildman–Crippen LogP) is 3.58. The molecule has 0 fully saturated rings. The molecule has 0 aliphatic heterocycles. The van der Waals surface area contributed by atoms with Crippen LogP contribution in [0.3, 0.4) is 0 Å². The summed E-state index contributed by atoms with van der Waals surface area (Å²) in [6.07, 6.45) is 0.170. The fourth-order valence-electron chi connectivity index (χ4n) is 2.68. The zero-order chi connectivity index (χ0) is 18.6. The summed E-state index contributed by atoms with van der Waals surface area (Å²) in [5, 5.41) is 32.8. The Labute approximate surface area is 144 Å². The van der Waals surface area contributed by atoms with Gasteiger partial charge in [0.2, 0.25) is 0 Å². The number of hydrogen-bond donors (Lipinski definition) is 2. The molecule has 0 bridgehead atoms. The number of anilines is 1. The predicted molar refractivity (Wildman–Crippen MR) is 92.2 cm³/mol. The molecule has 0 aromatic heterocycles. The maximum atomic E-state index is 12.1. The van der Waals surface area contributed by atoms with Crippen molar-refractivity contribution in [1.29, 1.82) is 5.26 Å². The molecule has 1 atom stereocenters. The van der Waals surface area contributed by atoms with Crippen LogP contribution in [0.5, 0.6) is 0 Å². The van der Waals surface area contributed by atoms with Crippen molar-refractivity contribution in [3.05, 3.63) is 69.3 Å². The number of rotatable bonds is 6. The summed E-state index contributed by atoms with van der Waals surface area (Å²) < 4.78 is 0. The summed E-state index contributed by atoms with van der Waals surface area (Å²) in [6, 6.07) is 12.7. The lowest BCUT2D eigenvalue weighted by molar-refractivity contribution is -0.385. The van der Waals surface area contributed by atoms with Crippen LogP contribution in [0.2, 0.25) is 0 Å². The summed E-state index contributed by atoms with van der Waals surface area (Å²) >= 11 is 0. The number of aryl methyl sites for hydroxylation is 1. The second-order valence-electron chi connectivity index (χ2n) is 5.69. The zero-order valence-corrected chi connectivity index (χ0v) is 13.8. The molecule has 2 N–H and O–H groups in total. The van der Waals surface area contributed by atoms with E-state index in [1.165, 1.54) is 12.1 Å². The van der Waals surface area contributed by atoms with Gasteiger partial charge in [-0.15, -0.1) is 0 Å². The van der Waals surface area contributed by atoms with Crippen LogP contribution in [0.4, 0.5) is 11.4 Å². The molecule has 0 saturated carbocycles. The Kier molecular flexibility index (Phi) is 5.03. The second-order valence-corrected chi connectivity index (χ2v) is 5.69. The number of nitrogens with zero attached hydrogens (tertiary/aromatic N) is 2. The summed E-state index contributed by atoms with van der Waals surface area (Å²) in [5.41, 5.74) is 0.186. The van der Waals surface area contributed by atoms with Gasteiger partial charge in [0, 0.05) is 17.8 Å². The van der Waals surface area contributed by atoms with Crippen molar-refractivity contribution < 1.29 is 14.8 Å². The Bertz CT molecular complexity index is 856. The number of hydrogen-bond acceptors (Lipinski definition) is 5. The summed E-state index contributed by atoms with van der Waals surface area (Å²) in [5.74, 6) is -1.14. The number of nitrogens with one attached hydrogen (secondary N) is 1. The molecule has 0 spiro atoms. The Morgan fingerprint density at radius 3 is 2.44 bits per heavy atom. The highest BCUT2D eigenvalue weighted by molar-refractivity contribution is 5.85. The van der Waals surface area contributed by atoms with Gasteiger partial charge in [0.05, 0.1) is 16.6 Å². The smallest absolute Gasteiger partial charge is 0.334 e. The fraction of sp³-hybridized carbons (Fsp3) is 0.222. The number of carbonyl (C=O) groups is 1. The number of carboxylic acids is 1. The van der Waals surface area contributed by atoms with Gasteiger partial charge in [-0.25, -0.2) is 4.79 Å². The van der Waals surface area contributed by atoms with Crippen molar-refractivity contribution in [1.82, 2.24) is 0 Å². The lowest BCUT2D eigenvalue weighted by Gasteiger charge is -2.31. The van der Waals surface area contributed by atoms with Gasteiger partial charge in [-0.2, -0.15) is 5.26 Å². The third-order valence-corrected chi connectivity index (χ3v) is 4.03. The first-order valence-corrected chi connectivity index (χ1v) is 7.60. The molecule has 0 saturated heterocycles. The summed E-state index contributed by atoms with van der Waals surface area (Å²) in [7, 11) is 0. The Morgan fingerprint density at radius 2 is 1.96 bits per heavy atom. The number of aliphatic carboxylic acids is 1. The molecule has 1 unspecified atom stereocenters. The van der Waals surface area contributed by atoms with Crippen molar-refractivity contribution >= 4 is 17.3 Å². The van der Waals surface area contributed by atoms with Crippen LogP contribution in [-0.4, -0.2) is 16.0 Å². The Balaban J connectivity index is 2.56. The van der Waals surface area contributed by atoms with Crippen molar-refractivity contribution in [2.24, 2.45) is 0 Å². The number of benzene rings is 2. The minimum atomic E-state index is -1.52. The Hall–Kier alpha value is -3.40. The molecule has 7 heteroatoms. The number of nitro groups is 1. The van der Waals surface area contributed by atoms with Gasteiger partial charge in [0.1, 0.15) is 0 Å². The molecule has 0 heterocycles. The van der Waals surface area contributed by atoms with E-state index < -0.39 is 16.4 Å². The molecule has 0 aliphatic rings. The second kappa shape index (κ2) is 7.01. The quantitative estimate of drug-likeness (QED) is 0.614. The first-order valence-electron chi connectivity index (χ1n) is 7.60. The normalized spacial score (nSPS) is 12.7. The van der Waals surface area contributed by atoms with Gasteiger partial charge in [-0.1, -0.05) is 13.0 Å². The molecule has 0 radical (unpaired) electrons. The van der Waals surface area contributed by atoms with E-state index in [4.69, 9.17) is 5.26 Å². The van der Waals surface area contributed by atoms with Gasteiger partial charge in [0.25, 0.3) is 5.69 Å². The average Bonchev–Trinajstić information content (AvgIpc) is 2.59. The van der Waals surface area contributed by atoms with E-state index in [0.717, 1.165) is 0 Å². The van der Waals surface area contributed by atoms with Crippen molar-refractivity contribution in [3.8, 4) is 6.07 Å². The van der Waals surface area contributed by atoms with Gasteiger partial charge < -0.3 is 10.4 Å². The molecule has 2 aromatic rings. The van der Waals surface area contributed by atoms with Crippen molar-refractivity contribution in [3.63, 3.8) is 0 Å². The van der Waals surface area contributed by atoms with Crippen molar-refractivity contribution in [2.75, 3.05) is 5.32 Å². The van der Waals surface area contributed by atoms with E-state index >= 15 is 0 Å². The molecule has 0 aliphatic carbocycles. The summed E-state index contributed by atoms with van der Waals surface area (Å²) in [4.78, 5) is 22.7. The molecule has 7 nitrogen and oxygen atoms in total. The Morgan fingerprint density at radius 1 is 1.32 bits per heavy atom. The first-order chi connectivity index (χ1) is 11.8. The van der Waals surface area contributed by atoms with E-state index in [9.17, 15) is 20.0 Å². The zero-order valence-electron chi connectivity index (χ0n) is 13.8. The highest BCUT2D eigenvalue weighted by Gasteiger charge is 2.40. The maximum Gasteiger partial charge on any atom is 0.334 e. The van der Waals surface area contributed by atoms with Crippen LogP contribution in [0.15, 0.2) is 42.5 Å². The molecular formula is C18H17N3O4. The topological polar surface area (TPSA) is 116 Å². The standard InChI is InChI=1S/C18H17N3O4/c1-3-18(17(22)23,20-15-6-4-13(11-19)5-7-15)14-8-12(2)9-16(10-14)21(24)25/h4-10,20H,3H2,1-2H3,(H,22,23). The van der Waals surface area contributed by atoms with Gasteiger partial charge in [-0.3, -0.25) is 10.1 Å². The monoisotopic (exact) mass is 339 g/mol. The fourth-order valence-corrected chi connectivity index (χ4v) is 2.68. The maximum absolute atomic E-state index is 12.1.